The van der Waals surface area contributed by atoms with Crippen molar-refractivity contribution in [2.24, 2.45) is 0 Å². The van der Waals surface area contributed by atoms with Gasteiger partial charge in [-0.1, -0.05) is 18.2 Å². The first-order chi connectivity index (χ1) is 14.3. The van der Waals surface area contributed by atoms with Gasteiger partial charge in [0, 0.05) is 17.7 Å². The van der Waals surface area contributed by atoms with Gasteiger partial charge in [0.15, 0.2) is 0 Å². The van der Waals surface area contributed by atoms with E-state index in [2.05, 4.69) is 20.5 Å². The average molecular weight is 421 g/mol. The molecule has 1 atom stereocenters. The van der Waals surface area contributed by atoms with Gasteiger partial charge in [0.1, 0.15) is 0 Å². The molecule has 1 unspecified atom stereocenters. The lowest BCUT2D eigenvalue weighted by molar-refractivity contribution is -0.224. The van der Waals surface area contributed by atoms with Gasteiger partial charge in [0.25, 0.3) is 0 Å². The number of rotatable bonds is 8. The molecular formula is C20H22F3N5O2. The lowest BCUT2D eigenvalue weighted by atomic mass is 10.1. The van der Waals surface area contributed by atoms with Crippen LogP contribution in [0.4, 0.5) is 13.2 Å². The molecule has 160 valence electrons. The first kappa shape index (κ1) is 21.5. The molecule has 0 amide bonds. The van der Waals surface area contributed by atoms with E-state index in [1.165, 1.54) is 18.5 Å². The van der Waals surface area contributed by atoms with E-state index in [0.29, 0.717) is 24.9 Å². The molecule has 2 heterocycles. The van der Waals surface area contributed by atoms with Crippen molar-refractivity contribution in [1.29, 1.82) is 0 Å². The molecule has 0 saturated carbocycles. The van der Waals surface area contributed by atoms with Crippen LogP contribution in [0.15, 0.2) is 36.5 Å². The number of alkyl halides is 3. The standard InChI is InChI=1S/C20H22F3N5O2/c1-13-18(14(2)28(26-13)16-9-4-3-5-10-16)19(20(21,22)23)30-17(29)11-7-6-8-15-12-24-27-25-15/h3-5,9-10,12,19H,6-8,11H2,1-2H3,(H,24,25,27). The van der Waals surface area contributed by atoms with Crippen molar-refractivity contribution in [3.05, 3.63) is 59.2 Å². The minimum Gasteiger partial charge on any atom is -0.448 e. The Labute approximate surface area is 171 Å². The molecule has 0 spiro atoms. The summed E-state index contributed by atoms with van der Waals surface area (Å²) >= 11 is 0. The van der Waals surface area contributed by atoms with E-state index in [4.69, 9.17) is 4.74 Å². The highest BCUT2D eigenvalue weighted by Crippen LogP contribution is 2.39. The van der Waals surface area contributed by atoms with E-state index < -0.39 is 18.2 Å². The van der Waals surface area contributed by atoms with Gasteiger partial charge in [0.05, 0.1) is 23.3 Å². The number of nitrogens with zero attached hydrogens (tertiary/aromatic N) is 4. The average Bonchev–Trinajstić information content (AvgIpc) is 3.31. The molecule has 1 N–H and O–H groups in total. The maximum Gasteiger partial charge on any atom is 0.429 e. The summed E-state index contributed by atoms with van der Waals surface area (Å²) in [6.07, 6.45) is -4.12. The Morgan fingerprint density at radius 2 is 1.93 bits per heavy atom. The van der Waals surface area contributed by atoms with Gasteiger partial charge in [-0.25, -0.2) is 4.68 Å². The third kappa shape index (κ3) is 5.05. The summed E-state index contributed by atoms with van der Waals surface area (Å²) in [6.45, 7) is 3.01. The van der Waals surface area contributed by atoms with E-state index in [-0.39, 0.29) is 23.4 Å². The van der Waals surface area contributed by atoms with Crippen LogP contribution in [-0.4, -0.2) is 37.3 Å². The second kappa shape index (κ2) is 9.10. The first-order valence-electron chi connectivity index (χ1n) is 9.49. The highest BCUT2D eigenvalue weighted by molar-refractivity contribution is 5.69. The van der Waals surface area contributed by atoms with Crippen molar-refractivity contribution in [2.75, 3.05) is 0 Å². The van der Waals surface area contributed by atoms with Gasteiger partial charge in [-0.15, -0.1) is 0 Å². The van der Waals surface area contributed by atoms with Crippen LogP contribution in [0.5, 0.6) is 0 Å². The summed E-state index contributed by atoms with van der Waals surface area (Å²) in [7, 11) is 0. The number of hydrogen-bond acceptors (Lipinski definition) is 5. The number of carbonyl (C=O) groups excluding carboxylic acids is 1. The van der Waals surface area contributed by atoms with Crippen LogP contribution in [0, 0.1) is 13.8 Å². The topological polar surface area (TPSA) is 85.7 Å². The number of aromatic nitrogens is 5. The Morgan fingerprint density at radius 1 is 1.20 bits per heavy atom. The summed E-state index contributed by atoms with van der Waals surface area (Å²) in [4.78, 5) is 12.2. The van der Waals surface area contributed by atoms with E-state index in [0.717, 1.165) is 5.69 Å². The normalized spacial score (nSPS) is 12.7. The number of halogens is 3. The second-order valence-corrected chi connectivity index (χ2v) is 6.91. The van der Waals surface area contributed by atoms with E-state index in [1.807, 2.05) is 0 Å². The quantitative estimate of drug-likeness (QED) is 0.436. The molecular weight excluding hydrogens is 399 g/mol. The van der Waals surface area contributed by atoms with Crippen molar-refractivity contribution in [3.63, 3.8) is 0 Å². The zero-order chi connectivity index (χ0) is 21.7. The molecule has 3 rings (SSSR count). The lowest BCUT2D eigenvalue weighted by Crippen LogP contribution is -2.27. The predicted molar refractivity (Wildman–Crippen MR) is 102 cm³/mol. The molecule has 0 aliphatic rings. The van der Waals surface area contributed by atoms with Crippen LogP contribution in [0.25, 0.3) is 5.69 Å². The van der Waals surface area contributed by atoms with Crippen LogP contribution >= 0.6 is 0 Å². The number of para-hydroxylation sites is 1. The highest BCUT2D eigenvalue weighted by atomic mass is 19.4. The number of hydrogen-bond donors (Lipinski definition) is 1. The second-order valence-electron chi connectivity index (χ2n) is 6.91. The minimum atomic E-state index is -4.75. The summed E-state index contributed by atoms with van der Waals surface area (Å²) < 4.78 is 47.7. The maximum atomic E-state index is 13.8. The van der Waals surface area contributed by atoms with E-state index >= 15 is 0 Å². The van der Waals surface area contributed by atoms with Crippen molar-refractivity contribution < 1.29 is 22.7 Å². The molecule has 3 aromatic rings. The fourth-order valence-electron chi connectivity index (χ4n) is 3.26. The maximum absolute atomic E-state index is 13.8. The van der Waals surface area contributed by atoms with Crippen LogP contribution in [-0.2, 0) is 16.0 Å². The Bertz CT molecular complexity index is 968. The number of aryl methyl sites for hydroxylation is 2. The predicted octanol–water partition coefficient (Wildman–Crippen LogP) is 4.17. The fourth-order valence-corrected chi connectivity index (χ4v) is 3.26. The van der Waals surface area contributed by atoms with Crippen LogP contribution in [0.1, 0.15) is 48.0 Å². The van der Waals surface area contributed by atoms with E-state index in [9.17, 15) is 18.0 Å². The Balaban J connectivity index is 1.72. The monoisotopic (exact) mass is 421 g/mol. The lowest BCUT2D eigenvalue weighted by Gasteiger charge is -2.21. The fraction of sp³-hybridized carbons (Fsp3) is 0.400. The van der Waals surface area contributed by atoms with Crippen molar-refractivity contribution in [2.45, 2.75) is 51.8 Å². The zero-order valence-corrected chi connectivity index (χ0v) is 16.6. The highest BCUT2D eigenvalue weighted by Gasteiger charge is 2.46. The number of benzene rings is 1. The Morgan fingerprint density at radius 3 is 2.57 bits per heavy atom. The zero-order valence-electron chi connectivity index (χ0n) is 16.6. The number of nitrogens with one attached hydrogen (secondary N) is 1. The number of H-pyrrole nitrogens is 1. The number of esters is 1. The Hall–Kier alpha value is -3.17. The number of unbranched alkanes of at least 4 members (excludes halogenated alkanes) is 1. The van der Waals surface area contributed by atoms with Crippen molar-refractivity contribution >= 4 is 5.97 Å². The largest absolute Gasteiger partial charge is 0.448 e. The van der Waals surface area contributed by atoms with Gasteiger partial charge in [-0.2, -0.15) is 33.7 Å². The van der Waals surface area contributed by atoms with E-state index in [1.54, 1.807) is 36.5 Å². The number of aromatic amines is 1. The summed E-state index contributed by atoms with van der Waals surface area (Å²) in [5.74, 6) is -0.899. The smallest absolute Gasteiger partial charge is 0.429 e. The molecule has 0 aliphatic heterocycles. The van der Waals surface area contributed by atoms with Crippen LogP contribution in [0.3, 0.4) is 0 Å². The SMILES string of the molecule is Cc1nn(-c2ccccc2)c(C)c1C(OC(=O)CCCCc1cn[nH]n1)C(F)(F)F. The molecule has 2 aromatic heterocycles. The summed E-state index contributed by atoms with van der Waals surface area (Å²) in [5, 5.41) is 14.3. The van der Waals surface area contributed by atoms with Gasteiger partial charge in [-0.3, -0.25) is 4.79 Å². The molecule has 1 aromatic carbocycles. The molecule has 30 heavy (non-hydrogen) atoms. The molecule has 10 heteroatoms. The molecule has 0 radical (unpaired) electrons. The number of ether oxygens (including phenoxy) is 1. The van der Waals surface area contributed by atoms with Gasteiger partial charge < -0.3 is 4.74 Å². The van der Waals surface area contributed by atoms with Gasteiger partial charge in [-0.05, 0) is 45.2 Å². The minimum absolute atomic E-state index is 0.116. The van der Waals surface area contributed by atoms with Gasteiger partial charge >= 0.3 is 12.1 Å². The summed E-state index contributed by atoms with van der Waals surface area (Å²) in [6, 6.07) is 8.83. The molecule has 0 bridgehead atoms. The van der Waals surface area contributed by atoms with Crippen LogP contribution in [0.2, 0.25) is 0 Å². The van der Waals surface area contributed by atoms with Crippen molar-refractivity contribution in [3.8, 4) is 5.69 Å². The third-order valence-electron chi connectivity index (χ3n) is 4.69. The van der Waals surface area contributed by atoms with Crippen molar-refractivity contribution in [1.82, 2.24) is 25.2 Å². The Kier molecular flexibility index (Phi) is 6.53. The number of carbonyl (C=O) groups is 1. The van der Waals surface area contributed by atoms with Crippen LogP contribution < -0.4 is 0 Å². The summed E-state index contributed by atoms with van der Waals surface area (Å²) in [5.41, 5.74) is 1.67. The molecule has 0 aliphatic carbocycles. The molecule has 7 nitrogen and oxygen atoms in total. The van der Waals surface area contributed by atoms with Gasteiger partial charge in [0.2, 0.25) is 6.10 Å². The first-order valence-corrected chi connectivity index (χ1v) is 9.49. The third-order valence-corrected chi connectivity index (χ3v) is 4.69. The molecule has 0 saturated heterocycles. The molecule has 0 fully saturated rings.